The van der Waals surface area contributed by atoms with E-state index < -0.39 is 6.10 Å². The molecule has 0 spiro atoms. The Bertz CT molecular complexity index is 1050. The molecule has 0 aliphatic carbocycles. The van der Waals surface area contributed by atoms with Crippen LogP contribution in [-0.2, 0) is 28.6 Å². The smallest absolute Gasteiger partial charge is 0.306 e. The molecule has 404 valence electrons. The third kappa shape index (κ3) is 55.3. The summed E-state index contributed by atoms with van der Waals surface area (Å²) in [6.07, 6.45) is 56.7. The maximum atomic E-state index is 12.9. The summed E-state index contributed by atoms with van der Waals surface area (Å²) in [5.41, 5.74) is 0. The summed E-state index contributed by atoms with van der Waals surface area (Å²) < 4.78 is 16.9. The van der Waals surface area contributed by atoms with Crippen molar-refractivity contribution in [3.63, 3.8) is 0 Å². The Morgan fingerprint density at radius 3 is 0.632 bits per heavy atom. The molecule has 0 saturated heterocycles. The average Bonchev–Trinajstić information content (AvgIpc) is 3.30. The van der Waals surface area contributed by atoms with E-state index in [2.05, 4.69) is 41.5 Å². The molecule has 1 atom stereocenters. The molecule has 0 aromatic carbocycles. The van der Waals surface area contributed by atoms with Gasteiger partial charge in [0.15, 0.2) is 6.10 Å². The highest BCUT2D eigenvalue weighted by molar-refractivity contribution is 5.71. The molecule has 0 aliphatic heterocycles. The first-order valence-corrected chi connectivity index (χ1v) is 30.6. The molecule has 6 nitrogen and oxygen atoms in total. The molecule has 68 heavy (non-hydrogen) atoms. The van der Waals surface area contributed by atoms with Crippen LogP contribution in [0.25, 0.3) is 0 Å². The van der Waals surface area contributed by atoms with Gasteiger partial charge in [0, 0.05) is 19.3 Å². The van der Waals surface area contributed by atoms with Gasteiger partial charge in [0.25, 0.3) is 0 Å². The summed E-state index contributed by atoms with van der Waals surface area (Å²) in [4.78, 5) is 38.2. The Morgan fingerprint density at radius 2 is 0.426 bits per heavy atom. The largest absolute Gasteiger partial charge is 0.462 e. The topological polar surface area (TPSA) is 78.9 Å². The zero-order valence-electron chi connectivity index (χ0n) is 46.9. The van der Waals surface area contributed by atoms with Crippen LogP contribution in [0.2, 0.25) is 0 Å². The maximum absolute atomic E-state index is 12.9. The highest BCUT2D eigenvalue weighted by Crippen LogP contribution is 2.19. The Morgan fingerprint density at radius 1 is 0.250 bits per heavy atom. The molecule has 0 rings (SSSR count). The van der Waals surface area contributed by atoms with Gasteiger partial charge in [-0.3, -0.25) is 14.4 Å². The lowest BCUT2D eigenvalue weighted by Crippen LogP contribution is -2.30. The number of esters is 3. The first kappa shape index (κ1) is 66.4. The van der Waals surface area contributed by atoms with Gasteiger partial charge < -0.3 is 14.2 Å². The van der Waals surface area contributed by atoms with E-state index in [1.54, 1.807) is 0 Å². The Labute approximate surface area is 425 Å². The molecule has 0 heterocycles. The first-order valence-electron chi connectivity index (χ1n) is 30.6. The van der Waals surface area contributed by atoms with Crippen LogP contribution in [-0.4, -0.2) is 37.2 Å². The molecule has 0 aromatic heterocycles. The standard InChI is InChI=1S/C62H120O6/c1-56(2)48-42-36-30-24-18-14-10-7-8-12-16-20-27-33-39-45-51-60(63)66-54-59(55-67-61(64)52-46-40-34-28-23-22-26-32-38-44-50-58(5)6)68-62(65)53-47-41-35-29-21-17-13-9-11-15-19-25-31-37-43-49-57(3)4/h56-59H,7-55H2,1-6H3/t59-/m0/s1. The highest BCUT2D eigenvalue weighted by Gasteiger charge is 2.19. The molecule has 0 amide bonds. The summed E-state index contributed by atoms with van der Waals surface area (Å²) in [6, 6.07) is 0. The molecule has 0 saturated carbocycles. The predicted molar refractivity (Wildman–Crippen MR) is 293 cm³/mol. The second kappa shape index (κ2) is 53.2. The second-order valence-electron chi connectivity index (χ2n) is 22.8. The third-order valence-electron chi connectivity index (χ3n) is 14.1. The summed E-state index contributed by atoms with van der Waals surface area (Å²) in [5, 5.41) is 0. The van der Waals surface area contributed by atoms with Crippen LogP contribution in [0.5, 0.6) is 0 Å². The number of ether oxygens (including phenoxy) is 3. The third-order valence-corrected chi connectivity index (χ3v) is 14.1. The van der Waals surface area contributed by atoms with E-state index in [4.69, 9.17) is 14.2 Å². The fraction of sp³-hybridized carbons (Fsp3) is 0.952. The van der Waals surface area contributed by atoms with Gasteiger partial charge in [-0.1, -0.05) is 305 Å². The lowest BCUT2D eigenvalue weighted by atomic mass is 10.0. The second-order valence-corrected chi connectivity index (χ2v) is 22.8. The maximum Gasteiger partial charge on any atom is 0.306 e. The Hall–Kier alpha value is -1.59. The van der Waals surface area contributed by atoms with Crippen LogP contribution < -0.4 is 0 Å². The summed E-state index contributed by atoms with van der Waals surface area (Å²) in [7, 11) is 0. The van der Waals surface area contributed by atoms with Gasteiger partial charge in [0.05, 0.1) is 0 Å². The van der Waals surface area contributed by atoms with Gasteiger partial charge >= 0.3 is 17.9 Å². The Balaban J connectivity index is 4.27. The first-order chi connectivity index (χ1) is 33.1. The number of unbranched alkanes of at least 4 members (excludes halogenated alkanes) is 38. The van der Waals surface area contributed by atoms with Crippen LogP contribution in [0.3, 0.4) is 0 Å². The van der Waals surface area contributed by atoms with Crippen LogP contribution in [0.15, 0.2) is 0 Å². The van der Waals surface area contributed by atoms with Crippen molar-refractivity contribution in [2.75, 3.05) is 13.2 Å². The predicted octanol–water partition coefficient (Wildman–Crippen LogP) is 20.3. The molecule has 0 aliphatic rings. The summed E-state index contributed by atoms with van der Waals surface area (Å²) in [5.74, 6) is 1.68. The quantitative estimate of drug-likeness (QED) is 0.0343. The Kier molecular flexibility index (Phi) is 52.0. The lowest BCUT2D eigenvalue weighted by molar-refractivity contribution is -0.167. The molecule has 0 fully saturated rings. The van der Waals surface area contributed by atoms with E-state index in [-0.39, 0.29) is 31.1 Å². The van der Waals surface area contributed by atoms with Crippen molar-refractivity contribution in [3.05, 3.63) is 0 Å². The van der Waals surface area contributed by atoms with Crippen molar-refractivity contribution < 1.29 is 28.6 Å². The van der Waals surface area contributed by atoms with E-state index >= 15 is 0 Å². The number of rotatable bonds is 55. The zero-order chi connectivity index (χ0) is 49.8. The normalized spacial score (nSPS) is 12.1. The molecule has 0 unspecified atom stereocenters. The fourth-order valence-electron chi connectivity index (χ4n) is 9.53. The van der Waals surface area contributed by atoms with Crippen molar-refractivity contribution in [2.24, 2.45) is 17.8 Å². The van der Waals surface area contributed by atoms with Crippen molar-refractivity contribution >= 4 is 17.9 Å². The zero-order valence-corrected chi connectivity index (χ0v) is 46.9. The minimum atomic E-state index is -0.764. The molecule has 0 aromatic rings. The summed E-state index contributed by atoms with van der Waals surface area (Å²) >= 11 is 0. The summed E-state index contributed by atoms with van der Waals surface area (Å²) in [6.45, 7) is 13.8. The van der Waals surface area contributed by atoms with Gasteiger partial charge in [-0.25, -0.2) is 0 Å². The van der Waals surface area contributed by atoms with E-state index in [9.17, 15) is 14.4 Å². The van der Waals surface area contributed by atoms with E-state index in [1.165, 1.54) is 225 Å². The molecular formula is C62H120O6. The number of hydrogen-bond acceptors (Lipinski definition) is 6. The van der Waals surface area contributed by atoms with E-state index in [1.807, 2.05) is 0 Å². The average molecular weight is 962 g/mol. The molecule has 0 N–H and O–H groups in total. The molecule has 0 bridgehead atoms. The fourth-order valence-corrected chi connectivity index (χ4v) is 9.53. The lowest BCUT2D eigenvalue weighted by Gasteiger charge is -2.18. The van der Waals surface area contributed by atoms with Crippen molar-refractivity contribution in [2.45, 2.75) is 349 Å². The number of carbonyl (C=O) groups excluding carboxylic acids is 3. The molecular weight excluding hydrogens is 841 g/mol. The van der Waals surface area contributed by atoms with Gasteiger partial charge in [-0.05, 0) is 37.0 Å². The van der Waals surface area contributed by atoms with Crippen molar-refractivity contribution in [3.8, 4) is 0 Å². The molecule has 6 heteroatoms. The van der Waals surface area contributed by atoms with Gasteiger partial charge in [-0.15, -0.1) is 0 Å². The SMILES string of the molecule is CC(C)CCCCCCCCCCCCCCCCCCC(=O)OC[C@@H](COC(=O)CCCCCCCCCCCCC(C)C)OC(=O)CCCCCCCCCCCCCCCCCC(C)C. The van der Waals surface area contributed by atoms with E-state index in [0.29, 0.717) is 19.3 Å². The van der Waals surface area contributed by atoms with Crippen molar-refractivity contribution in [1.82, 2.24) is 0 Å². The highest BCUT2D eigenvalue weighted by atomic mass is 16.6. The van der Waals surface area contributed by atoms with Crippen LogP contribution in [0, 0.1) is 17.8 Å². The van der Waals surface area contributed by atoms with Gasteiger partial charge in [0.1, 0.15) is 13.2 Å². The van der Waals surface area contributed by atoms with Gasteiger partial charge in [0.2, 0.25) is 0 Å². The van der Waals surface area contributed by atoms with Crippen LogP contribution >= 0.6 is 0 Å². The minimum Gasteiger partial charge on any atom is -0.462 e. The van der Waals surface area contributed by atoms with E-state index in [0.717, 1.165) is 75.5 Å². The van der Waals surface area contributed by atoms with Crippen LogP contribution in [0.4, 0.5) is 0 Å². The van der Waals surface area contributed by atoms with Crippen molar-refractivity contribution in [1.29, 1.82) is 0 Å². The van der Waals surface area contributed by atoms with Gasteiger partial charge in [-0.2, -0.15) is 0 Å². The number of hydrogen-bond donors (Lipinski definition) is 0. The number of carbonyl (C=O) groups is 3. The van der Waals surface area contributed by atoms with Crippen LogP contribution in [0.1, 0.15) is 343 Å². The monoisotopic (exact) mass is 961 g/mol. The molecule has 0 radical (unpaired) electrons. The minimum absolute atomic E-state index is 0.0630.